The van der Waals surface area contributed by atoms with Gasteiger partial charge in [0.15, 0.2) is 0 Å². The maximum absolute atomic E-state index is 13.2. The number of benzene rings is 1. The second kappa shape index (κ2) is 6.28. The summed E-state index contributed by atoms with van der Waals surface area (Å²) in [7, 11) is 1.70. The maximum Gasteiger partial charge on any atom is 0.259 e. The number of aliphatic hydroxyl groups excluding tert-OH is 1. The molecular weight excluding hydrogens is 320 g/mol. The molecule has 1 saturated heterocycles. The smallest absolute Gasteiger partial charge is 0.259 e. The van der Waals surface area contributed by atoms with Gasteiger partial charge in [-0.2, -0.15) is 0 Å². The van der Waals surface area contributed by atoms with Gasteiger partial charge in [0.1, 0.15) is 17.5 Å². The van der Waals surface area contributed by atoms with Gasteiger partial charge < -0.3 is 19.3 Å². The van der Waals surface area contributed by atoms with Crippen LogP contribution in [0.2, 0.25) is 0 Å². The molecule has 1 aromatic heterocycles. The fraction of sp³-hybridized carbons (Fsp3) is 0.474. The summed E-state index contributed by atoms with van der Waals surface area (Å²) in [6.07, 6.45) is 3.85. The Morgan fingerprint density at radius 2 is 2.16 bits per heavy atom. The van der Waals surface area contributed by atoms with Gasteiger partial charge in [-0.05, 0) is 25.7 Å². The highest BCUT2D eigenvalue weighted by Gasteiger charge is 2.52. The molecule has 0 bridgehead atoms. The van der Waals surface area contributed by atoms with E-state index in [1.54, 1.807) is 7.11 Å². The molecule has 3 atom stereocenters. The van der Waals surface area contributed by atoms with Crippen molar-refractivity contribution in [1.29, 1.82) is 0 Å². The zero-order chi connectivity index (χ0) is 17.4. The van der Waals surface area contributed by atoms with Gasteiger partial charge in [-0.3, -0.25) is 4.79 Å². The quantitative estimate of drug-likeness (QED) is 0.927. The van der Waals surface area contributed by atoms with E-state index in [1.165, 1.54) is 6.26 Å². The minimum absolute atomic E-state index is 0.113. The summed E-state index contributed by atoms with van der Waals surface area (Å²) in [5.41, 5.74) is 1.51. The number of rotatable bonds is 3. The molecule has 2 aromatic rings. The van der Waals surface area contributed by atoms with Crippen molar-refractivity contribution in [3.63, 3.8) is 0 Å². The number of aromatic nitrogens is 1. The molecule has 0 spiro atoms. The van der Waals surface area contributed by atoms with E-state index in [0.717, 1.165) is 24.8 Å². The lowest BCUT2D eigenvalue weighted by Gasteiger charge is -2.42. The molecule has 1 aromatic carbocycles. The molecule has 0 radical (unpaired) electrons. The number of nitrogens with zero attached hydrogens (tertiary/aromatic N) is 2. The van der Waals surface area contributed by atoms with Crippen LogP contribution in [0.1, 0.15) is 36.0 Å². The van der Waals surface area contributed by atoms with Gasteiger partial charge in [0.2, 0.25) is 0 Å². The highest BCUT2D eigenvalue weighted by Crippen LogP contribution is 2.43. The van der Waals surface area contributed by atoms with Crippen molar-refractivity contribution in [2.24, 2.45) is 0 Å². The van der Waals surface area contributed by atoms with Crippen molar-refractivity contribution in [3.05, 3.63) is 42.2 Å². The number of amides is 1. The number of aliphatic hydroxyl groups is 1. The zero-order valence-corrected chi connectivity index (χ0v) is 14.2. The first kappa shape index (κ1) is 16.3. The van der Waals surface area contributed by atoms with Crippen LogP contribution < -0.4 is 0 Å². The fourth-order valence-electron chi connectivity index (χ4n) is 4.27. The van der Waals surface area contributed by atoms with Crippen molar-refractivity contribution in [2.75, 3.05) is 13.7 Å². The standard InChI is InChI=1S/C19H22N2O4/c1-24-19-8-7-14(22)11-16(19)21(10-9-19)18(23)15-12-25-20-17(15)13-5-3-2-4-6-13/h2-6,12,14,16,22H,7-11H2,1H3/t14-,16-,19+/m0/s1. The summed E-state index contributed by atoms with van der Waals surface area (Å²) in [5, 5.41) is 14.1. The second-order valence-electron chi connectivity index (χ2n) is 6.90. The minimum Gasteiger partial charge on any atom is -0.393 e. The Morgan fingerprint density at radius 3 is 2.92 bits per heavy atom. The lowest BCUT2D eigenvalue weighted by molar-refractivity contribution is -0.0824. The molecule has 4 rings (SSSR count). The molecular formula is C19H22N2O4. The van der Waals surface area contributed by atoms with Gasteiger partial charge in [-0.15, -0.1) is 0 Å². The summed E-state index contributed by atoms with van der Waals surface area (Å²) >= 11 is 0. The molecule has 25 heavy (non-hydrogen) atoms. The normalized spacial score (nSPS) is 28.8. The SMILES string of the molecule is CO[C@@]12CC[C@H](O)C[C@@H]1N(C(=O)c1conc1-c1ccccc1)CC2. The van der Waals surface area contributed by atoms with E-state index in [1.807, 2.05) is 35.2 Å². The molecule has 1 aliphatic heterocycles. The van der Waals surface area contributed by atoms with Gasteiger partial charge in [-0.1, -0.05) is 35.5 Å². The Labute approximate surface area is 146 Å². The average Bonchev–Trinajstić information content (AvgIpc) is 3.27. The van der Waals surface area contributed by atoms with Gasteiger partial charge in [0, 0.05) is 19.2 Å². The van der Waals surface area contributed by atoms with E-state index >= 15 is 0 Å². The molecule has 0 unspecified atom stereocenters. The highest BCUT2D eigenvalue weighted by atomic mass is 16.5. The molecule has 1 aliphatic carbocycles. The predicted octanol–water partition coefficient (Wildman–Crippen LogP) is 2.49. The molecule has 6 nitrogen and oxygen atoms in total. The number of hydrogen-bond donors (Lipinski definition) is 1. The third-order valence-corrected chi connectivity index (χ3v) is 5.67. The molecule has 132 valence electrons. The maximum atomic E-state index is 13.2. The van der Waals surface area contributed by atoms with Crippen molar-refractivity contribution in [1.82, 2.24) is 10.1 Å². The Morgan fingerprint density at radius 1 is 1.36 bits per heavy atom. The predicted molar refractivity (Wildman–Crippen MR) is 91.0 cm³/mol. The molecule has 2 heterocycles. The van der Waals surface area contributed by atoms with Crippen LogP contribution >= 0.6 is 0 Å². The van der Waals surface area contributed by atoms with Crippen LogP contribution in [0.3, 0.4) is 0 Å². The Balaban J connectivity index is 1.65. The first-order valence-corrected chi connectivity index (χ1v) is 8.68. The van der Waals surface area contributed by atoms with E-state index in [9.17, 15) is 9.90 Å². The molecule has 1 amide bonds. The minimum atomic E-state index is -0.391. The largest absolute Gasteiger partial charge is 0.393 e. The van der Waals surface area contributed by atoms with E-state index < -0.39 is 6.10 Å². The van der Waals surface area contributed by atoms with Crippen molar-refractivity contribution in [3.8, 4) is 11.3 Å². The summed E-state index contributed by atoms with van der Waals surface area (Å²) in [6, 6.07) is 9.42. The van der Waals surface area contributed by atoms with Crippen LogP contribution in [0.25, 0.3) is 11.3 Å². The van der Waals surface area contributed by atoms with Crippen molar-refractivity contribution < 1.29 is 19.2 Å². The zero-order valence-electron chi connectivity index (χ0n) is 14.2. The summed E-state index contributed by atoms with van der Waals surface area (Å²) < 4.78 is 10.9. The van der Waals surface area contributed by atoms with Gasteiger partial charge in [0.05, 0.1) is 17.7 Å². The first-order valence-electron chi connectivity index (χ1n) is 8.68. The molecule has 1 saturated carbocycles. The summed E-state index contributed by atoms with van der Waals surface area (Å²) in [6.45, 7) is 0.615. The van der Waals surface area contributed by atoms with Crippen LogP contribution in [-0.4, -0.2) is 52.5 Å². The first-order chi connectivity index (χ1) is 12.1. The topological polar surface area (TPSA) is 75.8 Å². The molecule has 6 heteroatoms. The van der Waals surface area contributed by atoms with Gasteiger partial charge in [-0.25, -0.2) is 0 Å². The number of hydrogen-bond acceptors (Lipinski definition) is 5. The number of methoxy groups -OCH3 is 1. The highest BCUT2D eigenvalue weighted by molar-refractivity contribution is 6.00. The molecule has 1 N–H and O–H groups in total. The van der Waals surface area contributed by atoms with Crippen LogP contribution in [0.15, 0.2) is 41.1 Å². The van der Waals surface area contributed by atoms with E-state index in [0.29, 0.717) is 24.2 Å². The van der Waals surface area contributed by atoms with Gasteiger partial charge in [0.25, 0.3) is 5.91 Å². The van der Waals surface area contributed by atoms with E-state index in [-0.39, 0.29) is 17.6 Å². The number of likely N-dealkylation sites (tertiary alicyclic amines) is 1. The van der Waals surface area contributed by atoms with Crippen LogP contribution in [0.5, 0.6) is 0 Å². The number of ether oxygens (including phenoxy) is 1. The Hall–Kier alpha value is -2.18. The third kappa shape index (κ3) is 2.65. The second-order valence-corrected chi connectivity index (χ2v) is 6.90. The molecule has 2 fully saturated rings. The monoisotopic (exact) mass is 342 g/mol. The molecule has 2 aliphatic rings. The van der Waals surface area contributed by atoms with E-state index in [2.05, 4.69) is 5.16 Å². The average molecular weight is 342 g/mol. The number of carbonyl (C=O) groups is 1. The van der Waals surface area contributed by atoms with Crippen molar-refractivity contribution in [2.45, 2.75) is 43.4 Å². The Bertz CT molecular complexity index is 760. The van der Waals surface area contributed by atoms with Crippen LogP contribution in [0.4, 0.5) is 0 Å². The summed E-state index contributed by atoms with van der Waals surface area (Å²) in [4.78, 5) is 15.0. The lowest BCUT2D eigenvalue weighted by atomic mass is 9.79. The van der Waals surface area contributed by atoms with Crippen LogP contribution in [-0.2, 0) is 4.74 Å². The third-order valence-electron chi connectivity index (χ3n) is 5.67. The summed E-state index contributed by atoms with van der Waals surface area (Å²) in [5.74, 6) is -0.113. The Kier molecular flexibility index (Phi) is 4.09. The number of fused-ring (bicyclic) bond motifs is 1. The van der Waals surface area contributed by atoms with Gasteiger partial charge >= 0.3 is 0 Å². The lowest BCUT2D eigenvalue weighted by Crippen LogP contribution is -2.52. The van der Waals surface area contributed by atoms with E-state index in [4.69, 9.17) is 9.26 Å². The fourth-order valence-corrected chi connectivity index (χ4v) is 4.27. The van der Waals surface area contributed by atoms with Crippen LogP contribution in [0, 0.1) is 0 Å². The van der Waals surface area contributed by atoms with Crippen molar-refractivity contribution >= 4 is 5.91 Å². The number of carbonyl (C=O) groups excluding carboxylic acids is 1.